The number of nitrogens with zero attached hydrogens (tertiary/aromatic N) is 5. The number of alkyl halides is 2. The van der Waals surface area contributed by atoms with Gasteiger partial charge in [-0.05, 0) is 55.9 Å². The Morgan fingerprint density at radius 2 is 2.04 bits per heavy atom. The molecule has 1 aromatic carbocycles. The van der Waals surface area contributed by atoms with Crippen LogP contribution in [0.3, 0.4) is 0 Å². The van der Waals surface area contributed by atoms with Crippen LogP contribution in [0.15, 0.2) is 35.4 Å². The van der Waals surface area contributed by atoms with E-state index in [0.717, 1.165) is 20.4 Å². The van der Waals surface area contributed by atoms with E-state index in [1.807, 2.05) is 32.0 Å². The van der Waals surface area contributed by atoms with Crippen LogP contribution in [0.4, 0.5) is 18.0 Å². The Balaban J connectivity index is 1.54. The van der Waals surface area contributed by atoms with E-state index < -0.39 is 47.6 Å². The molecular formula is C31H29B3F3N7O4. The van der Waals surface area contributed by atoms with Crippen molar-refractivity contribution in [1.29, 1.82) is 0 Å². The molecule has 242 valence electrons. The number of carbonyl (C=O) groups is 1. The molecule has 2 atom stereocenters. The van der Waals surface area contributed by atoms with Crippen LogP contribution in [0, 0.1) is 5.95 Å². The molecule has 1 aliphatic heterocycles. The predicted octanol–water partition coefficient (Wildman–Crippen LogP) is 3.90. The Morgan fingerprint density at radius 3 is 2.75 bits per heavy atom. The number of hydrogen-bond acceptors (Lipinski definition) is 6. The van der Waals surface area contributed by atoms with E-state index >= 15 is 4.39 Å². The number of aromatic nitrogens is 6. The summed E-state index contributed by atoms with van der Waals surface area (Å²) < 4.78 is 56.3. The standard InChI is InChI=1S/C31H29B3F3N7O4/c1-30(2)19-7-4-14(8-15(19)13-48-30)22-23-25-20(10-38-27(23)40-24(22)18-11-42(12-21(35)36)41-26(18)37)44(31(32,33)34)29(46)43(25)17-6-5-16(9-17)39-28(45)47-3/h4,7-8,10-11,16-17,21H,5-6,9,12-13H2,1-3H3,(H,38,40)(H,39,45)/t16-,17-/m1/s1. The summed E-state index contributed by atoms with van der Waals surface area (Å²) in [5.74, 6) is -0.974. The van der Waals surface area contributed by atoms with Gasteiger partial charge in [0, 0.05) is 23.8 Å². The maximum absolute atomic E-state index is 15.5. The minimum Gasteiger partial charge on any atom is -0.453 e. The molecule has 11 nitrogen and oxygen atoms in total. The molecule has 0 bridgehead atoms. The highest BCUT2D eigenvalue weighted by Crippen LogP contribution is 2.45. The zero-order valence-corrected chi connectivity index (χ0v) is 26.4. The lowest BCUT2D eigenvalue weighted by Crippen LogP contribution is -2.43. The smallest absolute Gasteiger partial charge is 0.407 e. The fourth-order valence-corrected chi connectivity index (χ4v) is 7.19. The first-order valence-electron chi connectivity index (χ1n) is 15.4. The van der Waals surface area contributed by atoms with E-state index in [-0.39, 0.29) is 28.5 Å². The molecule has 0 unspecified atom stereocenters. The molecule has 5 heterocycles. The Labute approximate surface area is 276 Å². The minimum atomic E-state index is -2.76. The van der Waals surface area contributed by atoms with Crippen LogP contribution < -0.4 is 11.0 Å². The van der Waals surface area contributed by atoms with Crippen molar-refractivity contribution >= 4 is 51.7 Å². The van der Waals surface area contributed by atoms with Gasteiger partial charge in [-0.25, -0.2) is 23.4 Å². The molecule has 1 aliphatic carbocycles. The lowest BCUT2D eigenvalue weighted by atomic mass is 9.49. The zero-order chi connectivity index (χ0) is 34.3. The van der Waals surface area contributed by atoms with Crippen LogP contribution in [0.2, 0.25) is 0 Å². The molecule has 1 amide bonds. The average molecular weight is 653 g/mol. The molecule has 1 saturated carbocycles. The number of amides is 1. The number of alkyl carbamates (subject to hydrolysis) is 1. The number of benzene rings is 1. The number of nitrogens with one attached hydrogen (secondary N) is 2. The number of aromatic amines is 1. The Hall–Kier alpha value is -4.40. The Bertz CT molecular complexity index is 2150. The summed E-state index contributed by atoms with van der Waals surface area (Å²) in [5.41, 5.74) is 2.80. The zero-order valence-electron chi connectivity index (χ0n) is 26.4. The first-order chi connectivity index (χ1) is 22.7. The predicted molar refractivity (Wildman–Crippen MR) is 174 cm³/mol. The number of pyridine rings is 1. The third-order valence-electron chi connectivity index (χ3n) is 9.26. The lowest BCUT2D eigenvalue weighted by Gasteiger charge is -2.22. The topological polar surface area (TPSA) is 121 Å². The van der Waals surface area contributed by atoms with Crippen LogP contribution in [0.1, 0.15) is 50.3 Å². The van der Waals surface area contributed by atoms with Gasteiger partial charge in [0.2, 0.25) is 5.95 Å². The van der Waals surface area contributed by atoms with Crippen molar-refractivity contribution < 1.29 is 27.4 Å². The average Bonchev–Trinajstić information content (AvgIpc) is 3.81. The first-order valence-corrected chi connectivity index (χ1v) is 15.4. The number of ether oxygens (including phenoxy) is 2. The number of rotatable bonds is 7. The third-order valence-corrected chi connectivity index (χ3v) is 9.26. The lowest BCUT2D eigenvalue weighted by molar-refractivity contribution is -0.00789. The number of imidazole rings is 1. The van der Waals surface area contributed by atoms with Gasteiger partial charge in [0.1, 0.15) is 12.2 Å². The summed E-state index contributed by atoms with van der Waals surface area (Å²) in [5, 5.41) is 4.78. The van der Waals surface area contributed by atoms with Crippen molar-refractivity contribution in [3.63, 3.8) is 0 Å². The van der Waals surface area contributed by atoms with Gasteiger partial charge in [-0.15, -0.1) is 5.10 Å². The molecule has 6 radical (unpaired) electrons. The highest BCUT2D eigenvalue weighted by molar-refractivity contribution is 6.56. The SMILES string of the molecule is [B]C([B])([B])n1c(=O)n([C@@H]2CC[C@@H](NC(=O)OC)C2)c2c3c(-c4ccc5c(c4)COC5(C)C)c(-c4cn(CC(F)F)nc4F)[nH]c3ncc21. The molecule has 17 heteroatoms. The number of fused-ring (bicyclic) bond motifs is 4. The molecule has 7 rings (SSSR count). The molecular weight excluding hydrogens is 624 g/mol. The summed E-state index contributed by atoms with van der Waals surface area (Å²) in [7, 11) is 19.7. The second kappa shape index (κ2) is 11.4. The molecule has 0 saturated heterocycles. The highest BCUT2D eigenvalue weighted by atomic mass is 19.3. The number of halogens is 3. The second-order valence-corrected chi connectivity index (χ2v) is 12.9. The van der Waals surface area contributed by atoms with E-state index in [1.165, 1.54) is 24.1 Å². The molecule has 0 spiro atoms. The fourth-order valence-electron chi connectivity index (χ4n) is 7.19. The highest BCUT2D eigenvalue weighted by Gasteiger charge is 2.36. The number of methoxy groups -OCH3 is 1. The van der Waals surface area contributed by atoms with Crippen LogP contribution >= 0.6 is 0 Å². The van der Waals surface area contributed by atoms with Crippen molar-refractivity contribution in [1.82, 2.24) is 34.2 Å². The van der Waals surface area contributed by atoms with Crippen molar-refractivity contribution in [3.05, 3.63) is 58.2 Å². The minimum absolute atomic E-state index is 0.0729. The van der Waals surface area contributed by atoms with Gasteiger partial charge in [-0.2, -0.15) is 4.39 Å². The van der Waals surface area contributed by atoms with Crippen LogP contribution in [0.5, 0.6) is 0 Å². The summed E-state index contributed by atoms with van der Waals surface area (Å²) in [6, 6.07) is 4.96. The van der Waals surface area contributed by atoms with Crippen molar-refractivity contribution in [2.75, 3.05) is 7.11 Å². The van der Waals surface area contributed by atoms with Crippen molar-refractivity contribution in [2.24, 2.45) is 0 Å². The number of H-pyrrole nitrogens is 1. The molecule has 1 fully saturated rings. The van der Waals surface area contributed by atoms with Gasteiger partial charge < -0.3 is 24.3 Å². The van der Waals surface area contributed by atoms with Crippen molar-refractivity contribution in [3.8, 4) is 22.4 Å². The molecule has 2 aliphatic rings. The fraction of sp³-hybridized carbons (Fsp3) is 0.419. The summed E-state index contributed by atoms with van der Waals surface area (Å²) in [6.45, 7) is 3.44. The van der Waals surface area contributed by atoms with E-state index in [9.17, 15) is 18.4 Å². The van der Waals surface area contributed by atoms with Gasteiger partial charge in [-0.1, -0.05) is 17.4 Å². The molecule has 4 aromatic heterocycles. The molecule has 48 heavy (non-hydrogen) atoms. The van der Waals surface area contributed by atoms with Crippen LogP contribution in [-0.4, -0.2) is 78.1 Å². The first kappa shape index (κ1) is 32.2. The molecule has 2 N–H and O–H groups in total. The van der Waals surface area contributed by atoms with Crippen LogP contribution in [-0.2, 0) is 33.5 Å². The molecule has 5 aromatic rings. The normalized spacial score (nSPS) is 19.1. The quantitative estimate of drug-likeness (QED) is 0.257. The monoisotopic (exact) mass is 653 g/mol. The maximum atomic E-state index is 15.5. The second-order valence-electron chi connectivity index (χ2n) is 12.9. The van der Waals surface area contributed by atoms with Crippen LogP contribution in [0.25, 0.3) is 44.5 Å². The summed E-state index contributed by atoms with van der Waals surface area (Å²) >= 11 is 0. The summed E-state index contributed by atoms with van der Waals surface area (Å²) in [4.78, 5) is 34.0. The van der Waals surface area contributed by atoms with Gasteiger partial charge in [0.25, 0.3) is 6.43 Å². The Kier molecular flexibility index (Phi) is 7.61. The van der Waals surface area contributed by atoms with Gasteiger partial charge >= 0.3 is 11.8 Å². The largest absolute Gasteiger partial charge is 0.453 e. The van der Waals surface area contributed by atoms with Gasteiger partial charge in [0.15, 0.2) is 0 Å². The maximum Gasteiger partial charge on any atom is 0.407 e. The Morgan fingerprint density at radius 1 is 1.27 bits per heavy atom. The third kappa shape index (κ3) is 5.22. The van der Waals surface area contributed by atoms with Crippen molar-refractivity contribution in [2.45, 2.75) is 75.6 Å². The van der Waals surface area contributed by atoms with E-state index in [0.29, 0.717) is 47.9 Å². The van der Waals surface area contributed by atoms with E-state index in [1.54, 1.807) is 0 Å². The van der Waals surface area contributed by atoms with E-state index in [2.05, 4.69) is 20.4 Å². The number of hydrogen-bond donors (Lipinski definition) is 2. The van der Waals surface area contributed by atoms with E-state index in [4.69, 9.17) is 33.0 Å². The van der Waals surface area contributed by atoms with Gasteiger partial charge in [-0.3, -0.25) is 9.25 Å². The summed E-state index contributed by atoms with van der Waals surface area (Å²) in [6.07, 6.45) is 0.664. The van der Waals surface area contributed by atoms with Gasteiger partial charge in [0.05, 0.1) is 76.7 Å². The number of carbonyl (C=O) groups excluding carboxylic acids is 1.